The molecule has 1 aromatic rings. The van der Waals surface area contributed by atoms with Gasteiger partial charge in [-0.15, -0.1) is 11.8 Å². The Morgan fingerprint density at radius 3 is 2.54 bits per heavy atom. The van der Waals surface area contributed by atoms with Gasteiger partial charge in [0.2, 0.25) is 11.8 Å². The van der Waals surface area contributed by atoms with Crippen LogP contribution in [0.15, 0.2) is 24.3 Å². The number of hydrogen-bond acceptors (Lipinski definition) is 6. The molecule has 1 aromatic carbocycles. The lowest BCUT2D eigenvalue weighted by atomic mass is 10.2. The lowest BCUT2D eigenvalue weighted by Gasteiger charge is -2.23. The molecule has 1 aliphatic heterocycles. The highest BCUT2D eigenvalue weighted by Crippen LogP contribution is 2.27. The maximum absolute atomic E-state index is 12.6. The number of nitrogens with one attached hydrogen (secondary N) is 1. The molecule has 1 atom stereocenters. The van der Waals surface area contributed by atoms with Crippen LogP contribution in [0.3, 0.4) is 0 Å². The number of sulfone groups is 1. The van der Waals surface area contributed by atoms with Crippen LogP contribution in [-0.2, 0) is 19.4 Å². The van der Waals surface area contributed by atoms with Crippen molar-refractivity contribution >= 4 is 39.1 Å². The number of thioether (sulfide) groups is 1. The van der Waals surface area contributed by atoms with Crippen LogP contribution in [0, 0.1) is 0 Å². The monoisotopic (exact) mass is 426 g/mol. The second-order valence-electron chi connectivity index (χ2n) is 7.12. The van der Waals surface area contributed by atoms with Crippen LogP contribution in [0.25, 0.3) is 0 Å². The number of anilines is 1. The van der Waals surface area contributed by atoms with Crippen LogP contribution >= 0.6 is 11.8 Å². The molecule has 0 aromatic heterocycles. The first kappa shape index (κ1) is 21.0. The fourth-order valence-corrected chi connectivity index (χ4v) is 6.62. The van der Waals surface area contributed by atoms with Crippen LogP contribution in [0.2, 0.25) is 0 Å². The summed E-state index contributed by atoms with van der Waals surface area (Å²) in [6, 6.07) is 6.37. The molecule has 1 saturated heterocycles. The third-order valence-electron chi connectivity index (χ3n) is 5.27. The number of carbonyl (C=O) groups is 2. The van der Waals surface area contributed by atoms with Crippen molar-refractivity contribution in [2.75, 3.05) is 29.8 Å². The molecule has 7 nitrogen and oxygen atoms in total. The van der Waals surface area contributed by atoms with Crippen LogP contribution < -0.4 is 10.1 Å². The quantitative estimate of drug-likeness (QED) is 0.719. The minimum Gasteiger partial charge on any atom is -0.497 e. The molecule has 1 heterocycles. The van der Waals surface area contributed by atoms with Crippen LogP contribution in [-0.4, -0.2) is 60.9 Å². The standard InChI is InChI=1S/C19H26N2O5S2/c1-26-15-8-6-14(7-9-15)20-19(23)17-12-27-13-21(17)18(22)10-11-28(24,25)16-4-2-3-5-16/h6-9,16-17H,2-5,10-13H2,1H3,(H,20,23). The van der Waals surface area contributed by atoms with Crippen LogP contribution in [0.1, 0.15) is 32.1 Å². The van der Waals surface area contributed by atoms with Gasteiger partial charge in [0.1, 0.15) is 11.8 Å². The molecule has 9 heteroatoms. The van der Waals surface area contributed by atoms with E-state index in [1.165, 1.54) is 16.7 Å². The highest BCUT2D eigenvalue weighted by Gasteiger charge is 2.36. The minimum atomic E-state index is -3.24. The zero-order valence-corrected chi connectivity index (χ0v) is 17.6. The van der Waals surface area contributed by atoms with E-state index in [2.05, 4.69) is 5.32 Å². The molecule has 2 amide bonds. The van der Waals surface area contributed by atoms with E-state index >= 15 is 0 Å². The molecule has 1 unspecified atom stereocenters. The molecule has 2 fully saturated rings. The summed E-state index contributed by atoms with van der Waals surface area (Å²) >= 11 is 1.50. The largest absolute Gasteiger partial charge is 0.497 e. The van der Waals surface area contributed by atoms with E-state index in [4.69, 9.17) is 4.74 Å². The van der Waals surface area contributed by atoms with Crippen LogP contribution in [0.4, 0.5) is 5.69 Å². The van der Waals surface area contributed by atoms with Gasteiger partial charge in [-0.05, 0) is 37.1 Å². The summed E-state index contributed by atoms with van der Waals surface area (Å²) in [5.41, 5.74) is 0.624. The Morgan fingerprint density at radius 2 is 1.89 bits per heavy atom. The van der Waals surface area contributed by atoms with E-state index in [1.54, 1.807) is 31.4 Å². The number of nitrogens with zero attached hydrogens (tertiary/aromatic N) is 1. The Kier molecular flexibility index (Phi) is 6.87. The van der Waals surface area contributed by atoms with Crippen molar-refractivity contribution in [2.45, 2.75) is 43.4 Å². The van der Waals surface area contributed by atoms with Gasteiger partial charge in [0.15, 0.2) is 9.84 Å². The molecule has 0 spiro atoms. The Balaban J connectivity index is 1.56. The molecule has 0 bridgehead atoms. The molecule has 2 aliphatic rings. The van der Waals surface area contributed by atoms with Crippen molar-refractivity contribution in [1.29, 1.82) is 0 Å². The number of amides is 2. The predicted octanol–water partition coefficient (Wildman–Crippen LogP) is 2.28. The molecule has 1 aliphatic carbocycles. The van der Waals surface area contributed by atoms with Gasteiger partial charge >= 0.3 is 0 Å². The number of ether oxygens (including phenoxy) is 1. The van der Waals surface area contributed by atoms with Crippen molar-refractivity contribution in [2.24, 2.45) is 0 Å². The maximum atomic E-state index is 12.6. The van der Waals surface area contributed by atoms with Gasteiger partial charge in [-0.2, -0.15) is 0 Å². The predicted molar refractivity (Wildman–Crippen MR) is 110 cm³/mol. The summed E-state index contributed by atoms with van der Waals surface area (Å²) in [7, 11) is -1.68. The summed E-state index contributed by atoms with van der Waals surface area (Å²) in [5.74, 6) is 0.926. The Bertz CT molecular complexity index is 804. The number of rotatable bonds is 7. The molecule has 1 N–H and O–H groups in total. The minimum absolute atomic E-state index is 0.0638. The molecule has 0 radical (unpaired) electrons. The third-order valence-corrected chi connectivity index (χ3v) is 8.55. The zero-order valence-electron chi connectivity index (χ0n) is 15.9. The van der Waals surface area contributed by atoms with Gasteiger partial charge in [0, 0.05) is 17.9 Å². The van der Waals surface area contributed by atoms with Gasteiger partial charge in [0.25, 0.3) is 0 Å². The van der Waals surface area contributed by atoms with Gasteiger partial charge in [-0.3, -0.25) is 9.59 Å². The molecule has 1 saturated carbocycles. The average molecular weight is 427 g/mol. The molecular formula is C19H26N2O5S2. The average Bonchev–Trinajstić information content (AvgIpc) is 3.39. The number of hydrogen-bond donors (Lipinski definition) is 1. The Morgan fingerprint density at radius 1 is 1.21 bits per heavy atom. The van der Waals surface area contributed by atoms with Gasteiger partial charge < -0.3 is 15.0 Å². The summed E-state index contributed by atoms with van der Waals surface area (Å²) in [5, 5.41) is 2.51. The summed E-state index contributed by atoms with van der Waals surface area (Å²) in [6.07, 6.45) is 3.21. The van der Waals surface area contributed by atoms with Gasteiger partial charge in [-0.1, -0.05) is 12.8 Å². The van der Waals surface area contributed by atoms with Crippen LogP contribution in [0.5, 0.6) is 5.75 Å². The number of carbonyl (C=O) groups excluding carboxylic acids is 2. The summed E-state index contributed by atoms with van der Waals surface area (Å²) in [6.45, 7) is 0. The van der Waals surface area contributed by atoms with E-state index in [1.807, 2.05) is 0 Å². The number of benzene rings is 1. The Hall–Kier alpha value is -1.74. The molecule has 3 rings (SSSR count). The SMILES string of the molecule is COc1ccc(NC(=O)C2CSCN2C(=O)CCS(=O)(=O)C2CCCC2)cc1. The highest BCUT2D eigenvalue weighted by atomic mass is 32.2. The van der Waals surface area contributed by atoms with E-state index in [0.717, 1.165) is 12.8 Å². The van der Waals surface area contributed by atoms with E-state index in [0.29, 0.717) is 35.9 Å². The van der Waals surface area contributed by atoms with Crippen molar-refractivity contribution in [3.63, 3.8) is 0 Å². The van der Waals surface area contributed by atoms with Crippen molar-refractivity contribution in [3.05, 3.63) is 24.3 Å². The molecule has 154 valence electrons. The topological polar surface area (TPSA) is 92.8 Å². The zero-order chi connectivity index (χ0) is 20.1. The van der Waals surface area contributed by atoms with E-state index in [-0.39, 0.29) is 29.2 Å². The second-order valence-corrected chi connectivity index (χ2v) is 10.5. The van der Waals surface area contributed by atoms with Gasteiger partial charge in [-0.25, -0.2) is 8.42 Å². The normalized spacial score (nSPS) is 20.3. The first-order valence-electron chi connectivity index (χ1n) is 9.44. The lowest BCUT2D eigenvalue weighted by Crippen LogP contribution is -2.45. The Labute approximate surface area is 170 Å². The first-order valence-corrected chi connectivity index (χ1v) is 12.3. The fourth-order valence-electron chi connectivity index (χ4n) is 3.59. The third kappa shape index (κ3) is 5.00. The van der Waals surface area contributed by atoms with E-state index in [9.17, 15) is 18.0 Å². The fraction of sp³-hybridized carbons (Fsp3) is 0.579. The smallest absolute Gasteiger partial charge is 0.248 e. The molecular weight excluding hydrogens is 400 g/mol. The van der Waals surface area contributed by atoms with Crippen molar-refractivity contribution < 1.29 is 22.7 Å². The second kappa shape index (κ2) is 9.17. The summed E-state index contributed by atoms with van der Waals surface area (Å²) in [4.78, 5) is 26.7. The van der Waals surface area contributed by atoms with E-state index < -0.39 is 15.9 Å². The maximum Gasteiger partial charge on any atom is 0.248 e. The van der Waals surface area contributed by atoms with Crippen molar-refractivity contribution in [1.82, 2.24) is 4.90 Å². The summed E-state index contributed by atoms with van der Waals surface area (Å²) < 4.78 is 29.9. The first-order chi connectivity index (χ1) is 13.4. The van der Waals surface area contributed by atoms with Gasteiger partial charge in [0.05, 0.1) is 24.0 Å². The van der Waals surface area contributed by atoms with Crippen molar-refractivity contribution in [3.8, 4) is 5.75 Å². The highest BCUT2D eigenvalue weighted by molar-refractivity contribution is 7.99. The lowest BCUT2D eigenvalue weighted by molar-refractivity contribution is -0.135. The molecule has 28 heavy (non-hydrogen) atoms. The number of methoxy groups -OCH3 is 1.